The van der Waals surface area contributed by atoms with Crippen LogP contribution in [0.4, 0.5) is 18.9 Å². The van der Waals surface area contributed by atoms with Gasteiger partial charge in [0.2, 0.25) is 17.6 Å². The van der Waals surface area contributed by atoms with Crippen LogP contribution in [0.25, 0.3) is 11.0 Å². The Kier molecular flexibility index (Phi) is 5.56. The van der Waals surface area contributed by atoms with Gasteiger partial charge in [-0.2, -0.15) is 13.2 Å². The molecule has 0 saturated carbocycles. The van der Waals surface area contributed by atoms with Crippen molar-refractivity contribution in [1.82, 2.24) is 20.2 Å². The monoisotopic (exact) mass is 445 g/mol. The highest BCUT2D eigenvalue weighted by Gasteiger charge is 2.37. The van der Waals surface area contributed by atoms with Crippen LogP contribution in [-0.2, 0) is 22.3 Å². The summed E-state index contributed by atoms with van der Waals surface area (Å²) >= 11 is 0. The first kappa shape index (κ1) is 21.3. The molecule has 1 aromatic heterocycles. The van der Waals surface area contributed by atoms with Gasteiger partial charge in [-0.1, -0.05) is 24.3 Å². The van der Waals surface area contributed by atoms with Crippen LogP contribution in [0.15, 0.2) is 48.5 Å². The second-order valence-electron chi connectivity index (χ2n) is 7.19. The minimum atomic E-state index is -4.65. The van der Waals surface area contributed by atoms with Gasteiger partial charge in [-0.25, -0.2) is 4.98 Å². The van der Waals surface area contributed by atoms with Gasteiger partial charge in [0.05, 0.1) is 28.7 Å². The lowest BCUT2D eigenvalue weighted by Crippen LogP contribution is -2.44. The van der Waals surface area contributed by atoms with Crippen molar-refractivity contribution in [3.05, 3.63) is 59.9 Å². The average molecular weight is 445 g/mol. The number of fused-ring (bicyclic) bond motifs is 2. The Labute approximate surface area is 179 Å². The van der Waals surface area contributed by atoms with Crippen molar-refractivity contribution in [2.24, 2.45) is 0 Å². The predicted octanol–water partition coefficient (Wildman–Crippen LogP) is 2.31. The van der Waals surface area contributed by atoms with Crippen LogP contribution in [0.1, 0.15) is 22.6 Å². The van der Waals surface area contributed by atoms with Crippen LogP contribution >= 0.6 is 0 Å². The molecule has 4 rings (SSSR count). The van der Waals surface area contributed by atoms with Crippen LogP contribution < -0.4 is 16.0 Å². The Balaban J connectivity index is 1.40. The van der Waals surface area contributed by atoms with Crippen molar-refractivity contribution in [2.75, 3.05) is 11.9 Å². The molecular weight excluding hydrogens is 427 g/mol. The molecule has 3 N–H and O–H groups in total. The molecule has 11 heteroatoms. The molecule has 166 valence electrons. The first-order chi connectivity index (χ1) is 15.2. The van der Waals surface area contributed by atoms with Gasteiger partial charge < -0.3 is 20.5 Å². The summed E-state index contributed by atoms with van der Waals surface area (Å²) in [7, 11) is 0. The van der Waals surface area contributed by atoms with Gasteiger partial charge in [-0.05, 0) is 24.3 Å². The summed E-state index contributed by atoms with van der Waals surface area (Å²) in [5, 5.41) is 7.59. The summed E-state index contributed by atoms with van der Waals surface area (Å²) in [6.07, 6.45) is -5.01. The Morgan fingerprint density at radius 3 is 2.59 bits per heavy atom. The maximum atomic E-state index is 13.4. The number of benzene rings is 2. The third-order valence-electron chi connectivity index (χ3n) is 5.01. The fraction of sp³-hybridized carbons (Fsp3) is 0.238. The molecule has 1 aliphatic rings. The van der Waals surface area contributed by atoms with Crippen molar-refractivity contribution in [1.29, 1.82) is 0 Å². The molecule has 0 bridgehead atoms. The van der Waals surface area contributed by atoms with Crippen molar-refractivity contribution in [3.63, 3.8) is 0 Å². The third-order valence-corrected chi connectivity index (χ3v) is 5.01. The molecule has 8 nitrogen and oxygen atoms in total. The van der Waals surface area contributed by atoms with Crippen molar-refractivity contribution >= 4 is 34.4 Å². The topological polar surface area (TPSA) is 105 Å². The number of halogens is 3. The number of anilines is 1. The van der Waals surface area contributed by atoms with Gasteiger partial charge in [-0.15, -0.1) is 0 Å². The zero-order valence-electron chi connectivity index (χ0n) is 16.6. The highest BCUT2D eigenvalue weighted by Crippen LogP contribution is 2.31. The summed E-state index contributed by atoms with van der Waals surface area (Å²) in [5.74, 6) is -2.70. The first-order valence-electron chi connectivity index (χ1n) is 9.74. The molecule has 0 radical (unpaired) electrons. The number of carbonyl (C=O) groups is 3. The third kappa shape index (κ3) is 4.27. The van der Waals surface area contributed by atoms with Crippen molar-refractivity contribution in [2.45, 2.75) is 25.2 Å². The van der Waals surface area contributed by atoms with Gasteiger partial charge in [0.25, 0.3) is 5.91 Å². The number of carbonyl (C=O) groups excluding carboxylic acids is 3. The Morgan fingerprint density at radius 2 is 1.81 bits per heavy atom. The summed E-state index contributed by atoms with van der Waals surface area (Å²) in [6, 6.07) is 11.5. The molecule has 32 heavy (non-hydrogen) atoms. The molecular formula is C21H18F3N5O3. The van der Waals surface area contributed by atoms with Crippen molar-refractivity contribution in [3.8, 4) is 0 Å². The SMILES string of the molecule is O=C(C[C@@H]1NC(=O)c2ccccc2NC1=O)NCCn1c(C(F)(F)F)nc2ccccc21. The fourth-order valence-electron chi connectivity index (χ4n) is 3.54. The number of imidazole rings is 1. The van der Waals surface area contributed by atoms with E-state index in [4.69, 9.17) is 0 Å². The van der Waals surface area contributed by atoms with Gasteiger partial charge in [-0.3, -0.25) is 14.4 Å². The van der Waals surface area contributed by atoms with E-state index >= 15 is 0 Å². The molecule has 2 aromatic carbocycles. The summed E-state index contributed by atoms with van der Waals surface area (Å²) in [6.45, 7) is -0.291. The van der Waals surface area contributed by atoms with Crippen LogP contribution in [0.5, 0.6) is 0 Å². The maximum absolute atomic E-state index is 13.4. The van der Waals surface area contributed by atoms with E-state index in [1.54, 1.807) is 36.4 Å². The van der Waals surface area contributed by atoms with Gasteiger partial charge in [0.1, 0.15) is 6.04 Å². The van der Waals surface area contributed by atoms with Gasteiger partial charge >= 0.3 is 6.18 Å². The second-order valence-corrected chi connectivity index (χ2v) is 7.19. The predicted molar refractivity (Wildman–Crippen MR) is 109 cm³/mol. The number of hydrogen-bond acceptors (Lipinski definition) is 4. The smallest absolute Gasteiger partial charge is 0.354 e. The molecule has 2 heterocycles. The second kappa shape index (κ2) is 8.33. The quantitative estimate of drug-likeness (QED) is 0.561. The molecule has 0 fully saturated rings. The number of para-hydroxylation sites is 3. The van der Waals surface area contributed by atoms with E-state index in [1.165, 1.54) is 12.1 Å². The minimum absolute atomic E-state index is 0.120. The van der Waals surface area contributed by atoms with Crippen LogP contribution in [0.3, 0.4) is 0 Å². The van der Waals surface area contributed by atoms with E-state index in [0.29, 0.717) is 11.2 Å². The summed E-state index contributed by atoms with van der Waals surface area (Å²) in [4.78, 5) is 40.7. The average Bonchev–Trinajstić information content (AvgIpc) is 3.07. The zero-order chi connectivity index (χ0) is 22.9. The number of aromatic nitrogens is 2. The van der Waals surface area contributed by atoms with E-state index in [2.05, 4.69) is 20.9 Å². The van der Waals surface area contributed by atoms with E-state index < -0.39 is 35.8 Å². The number of nitrogens with one attached hydrogen (secondary N) is 3. The number of hydrogen-bond donors (Lipinski definition) is 3. The van der Waals surface area contributed by atoms with Crippen LogP contribution in [0, 0.1) is 0 Å². The number of alkyl halides is 3. The standard InChI is InChI=1S/C21H18F3N5O3/c22-21(23,24)20-28-14-7-3-4-8-16(14)29(20)10-9-25-17(30)11-15-19(32)26-13-6-2-1-5-12(13)18(31)27-15/h1-8,15H,9-11H2,(H,25,30)(H,26,32)(H,27,31)/t15-/m0/s1. The Hall–Kier alpha value is -3.89. The van der Waals surface area contributed by atoms with Gasteiger partial charge in [0.15, 0.2) is 0 Å². The van der Waals surface area contributed by atoms with Gasteiger partial charge in [0, 0.05) is 13.1 Å². The Bertz CT molecular complexity index is 1200. The largest absolute Gasteiger partial charge is 0.449 e. The Morgan fingerprint density at radius 1 is 1.09 bits per heavy atom. The number of rotatable bonds is 5. The number of nitrogens with zero attached hydrogens (tertiary/aromatic N) is 2. The molecule has 0 unspecified atom stereocenters. The van der Waals surface area contributed by atoms with Crippen LogP contribution in [-0.4, -0.2) is 39.9 Å². The lowest BCUT2D eigenvalue weighted by molar-refractivity contribution is -0.146. The maximum Gasteiger partial charge on any atom is 0.449 e. The van der Waals surface area contributed by atoms with E-state index in [0.717, 1.165) is 4.57 Å². The van der Waals surface area contributed by atoms with E-state index in [9.17, 15) is 27.6 Å². The lowest BCUT2D eigenvalue weighted by Gasteiger charge is -2.15. The first-order valence-corrected chi connectivity index (χ1v) is 9.74. The lowest BCUT2D eigenvalue weighted by atomic mass is 10.1. The fourth-order valence-corrected chi connectivity index (χ4v) is 3.54. The zero-order valence-corrected chi connectivity index (χ0v) is 16.6. The highest BCUT2D eigenvalue weighted by molar-refractivity contribution is 6.10. The molecule has 0 saturated heterocycles. The van der Waals surface area contributed by atoms with Crippen molar-refractivity contribution < 1.29 is 27.6 Å². The highest BCUT2D eigenvalue weighted by atomic mass is 19.4. The van der Waals surface area contributed by atoms with E-state index in [-0.39, 0.29) is 30.6 Å². The number of amides is 3. The molecule has 0 aliphatic carbocycles. The van der Waals surface area contributed by atoms with E-state index in [1.807, 2.05) is 0 Å². The molecule has 3 amide bonds. The van der Waals surface area contributed by atoms with Crippen LogP contribution in [0.2, 0.25) is 0 Å². The minimum Gasteiger partial charge on any atom is -0.354 e. The molecule has 1 atom stereocenters. The normalized spacial score (nSPS) is 16.2. The summed E-state index contributed by atoms with van der Waals surface area (Å²) < 4.78 is 41.1. The molecule has 1 aliphatic heterocycles. The summed E-state index contributed by atoms with van der Waals surface area (Å²) in [5.41, 5.74) is 1.10. The molecule has 3 aromatic rings. The molecule has 0 spiro atoms.